The van der Waals surface area contributed by atoms with Crippen LogP contribution in [0.5, 0.6) is 0 Å². The molecule has 0 fully saturated rings. The standard InChI is InChI=1S/C14H26N4O/c1-6-12(7-2)18(8-9-19-5)14-10-13(15-4)16-11(3)17-14/h10,12H,6-9H2,1-5H3,(H,15,16,17). The summed E-state index contributed by atoms with van der Waals surface area (Å²) in [6.07, 6.45) is 2.19. The smallest absolute Gasteiger partial charge is 0.134 e. The Bertz CT molecular complexity index is 380. The first-order valence-corrected chi connectivity index (χ1v) is 6.95. The van der Waals surface area contributed by atoms with Crippen molar-refractivity contribution in [2.45, 2.75) is 39.7 Å². The molecule has 0 aliphatic heterocycles. The number of rotatable bonds is 8. The van der Waals surface area contributed by atoms with E-state index < -0.39 is 0 Å². The van der Waals surface area contributed by atoms with Crippen LogP contribution in [0.2, 0.25) is 0 Å². The van der Waals surface area contributed by atoms with Gasteiger partial charge in [-0.1, -0.05) is 13.8 Å². The summed E-state index contributed by atoms with van der Waals surface area (Å²) in [6, 6.07) is 2.48. The zero-order valence-corrected chi connectivity index (χ0v) is 12.7. The Labute approximate surface area is 116 Å². The number of nitrogens with one attached hydrogen (secondary N) is 1. The molecule has 1 rings (SSSR count). The van der Waals surface area contributed by atoms with Crippen molar-refractivity contribution >= 4 is 11.6 Å². The second-order valence-electron chi connectivity index (χ2n) is 4.57. The quantitative estimate of drug-likeness (QED) is 0.783. The maximum absolute atomic E-state index is 5.22. The predicted molar refractivity (Wildman–Crippen MR) is 79.9 cm³/mol. The van der Waals surface area contributed by atoms with Crippen LogP contribution in [0.1, 0.15) is 32.5 Å². The van der Waals surface area contributed by atoms with Crippen LogP contribution in [0, 0.1) is 6.92 Å². The maximum atomic E-state index is 5.22. The molecule has 1 N–H and O–H groups in total. The van der Waals surface area contributed by atoms with Gasteiger partial charge in [-0.3, -0.25) is 0 Å². The van der Waals surface area contributed by atoms with E-state index in [1.54, 1.807) is 7.11 Å². The molecular weight excluding hydrogens is 240 g/mol. The van der Waals surface area contributed by atoms with Gasteiger partial charge < -0.3 is 15.0 Å². The minimum atomic E-state index is 0.481. The normalized spacial score (nSPS) is 10.8. The lowest BCUT2D eigenvalue weighted by Crippen LogP contribution is -2.38. The fourth-order valence-corrected chi connectivity index (χ4v) is 2.23. The van der Waals surface area contributed by atoms with Crippen LogP contribution in [0.15, 0.2) is 6.07 Å². The maximum Gasteiger partial charge on any atom is 0.134 e. The predicted octanol–water partition coefficient (Wildman–Crippen LogP) is 2.47. The van der Waals surface area contributed by atoms with E-state index >= 15 is 0 Å². The van der Waals surface area contributed by atoms with Crippen LogP contribution in [-0.4, -0.2) is 43.3 Å². The highest BCUT2D eigenvalue weighted by Gasteiger charge is 2.17. The van der Waals surface area contributed by atoms with E-state index in [2.05, 4.69) is 34.0 Å². The second kappa shape index (κ2) is 7.94. The summed E-state index contributed by atoms with van der Waals surface area (Å²) in [7, 11) is 3.61. The lowest BCUT2D eigenvalue weighted by molar-refractivity contribution is 0.202. The fraction of sp³-hybridized carbons (Fsp3) is 0.714. The van der Waals surface area contributed by atoms with E-state index in [-0.39, 0.29) is 0 Å². The van der Waals surface area contributed by atoms with Crippen LogP contribution >= 0.6 is 0 Å². The third-order valence-corrected chi connectivity index (χ3v) is 3.29. The molecule has 0 unspecified atom stereocenters. The number of hydrogen-bond acceptors (Lipinski definition) is 5. The van der Waals surface area contributed by atoms with Crippen LogP contribution in [0.3, 0.4) is 0 Å². The van der Waals surface area contributed by atoms with Crippen molar-refractivity contribution in [1.29, 1.82) is 0 Å². The average molecular weight is 266 g/mol. The van der Waals surface area contributed by atoms with Crippen molar-refractivity contribution in [3.63, 3.8) is 0 Å². The topological polar surface area (TPSA) is 50.3 Å². The SMILES string of the molecule is CCC(CC)N(CCOC)c1cc(NC)nc(C)n1. The molecule has 5 heteroatoms. The Hall–Kier alpha value is -1.36. The second-order valence-corrected chi connectivity index (χ2v) is 4.57. The largest absolute Gasteiger partial charge is 0.383 e. The van der Waals surface area contributed by atoms with Gasteiger partial charge in [-0.2, -0.15) is 0 Å². The summed E-state index contributed by atoms with van der Waals surface area (Å²) in [5.41, 5.74) is 0. The Morgan fingerprint density at radius 2 is 2.00 bits per heavy atom. The van der Waals surface area contributed by atoms with Crippen LogP contribution in [-0.2, 0) is 4.74 Å². The van der Waals surface area contributed by atoms with Gasteiger partial charge in [-0.15, -0.1) is 0 Å². The number of methoxy groups -OCH3 is 1. The molecule has 0 saturated heterocycles. The monoisotopic (exact) mass is 266 g/mol. The minimum absolute atomic E-state index is 0.481. The highest BCUT2D eigenvalue weighted by Crippen LogP contribution is 2.20. The fourth-order valence-electron chi connectivity index (χ4n) is 2.23. The van der Waals surface area contributed by atoms with Gasteiger partial charge in [0.1, 0.15) is 17.5 Å². The van der Waals surface area contributed by atoms with E-state index in [1.165, 1.54) is 0 Å². The van der Waals surface area contributed by atoms with Gasteiger partial charge in [0, 0.05) is 32.8 Å². The Kier molecular flexibility index (Phi) is 6.56. The molecule has 19 heavy (non-hydrogen) atoms. The number of hydrogen-bond donors (Lipinski definition) is 1. The molecule has 0 aliphatic carbocycles. The minimum Gasteiger partial charge on any atom is -0.383 e. The highest BCUT2D eigenvalue weighted by molar-refractivity contribution is 5.49. The molecule has 0 aliphatic rings. The van der Waals surface area contributed by atoms with Crippen molar-refractivity contribution in [2.24, 2.45) is 0 Å². The van der Waals surface area contributed by atoms with E-state index in [1.807, 2.05) is 20.0 Å². The number of anilines is 2. The summed E-state index contributed by atoms with van der Waals surface area (Å²) in [4.78, 5) is 11.2. The molecule has 108 valence electrons. The van der Waals surface area contributed by atoms with Crippen molar-refractivity contribution in [3.8, 4) is 0 Å². The van der Waals surface area contributed by atoms with E-state index in [4.69, 9.17) is 4.74 Å². The zero-order valence-electron chi connectivity index (χ0n) is 12.7. The lowest BCUT2D eigenvalue weighted by atomic mass is 10.1. The molecule has 1 heterocycles. The Morgan fingerprint density at radius 1 is 1.32 bits per heavy atom. The molecular formula is C14H26N4O. The van der Waals surface area contributed by atoms with Crippen molar-refractivity contribution in [2.75, 3.05) is 37.5 Å². The number of aromatic nitrogens is 2. The van der Waals surface area contributed by atoms with Gasteiger partial charge in [0.25, 0.3) is 0 Å². The molecule has 0 aromatic carbocycles. The summed E-state index contributed by atoms with van der Waals surface area (Å²) in [5.74, 6) is 2.62. The zero-order chi connectivity index (χ0) is 14.3. The summed E-state index contributed by atoms with van der Waals surface area (Å²) >= 11 is 0. The van der Waals surface area contributed by atoms with Gasteiger partial charge in [-0.25, -0.2) is 9.97 Å². The van der Waals surface area contributed by atoms with E-state index in [0.717, 1.165) is 36.8 Å². The number of ether oxygens (including phenoxy) is 1. The molecule has 0 spiro atoms. The Balaban J connectivity index is 3.04. The first-order valence-electron chi connectivity index (χ1n) is 6.95. The Morgan fingerprint density at radius 3 is 2.53 bits per heavy atom. The highest BCUT2D eigenvalue weighted by atomic mass is 16.5. The van der Waals surface area contributed by atoms with Crippen LogP contribution < -0.4 is 10.2 Å². The van der Waals surface area contributed by atoms with E-state index in [0.29, 0.717) is 12.6 Å². The first kappa shape index (κ1) is 15.7. The van der Waals surface area contributed by atoms with Crippen LogP contribution in [0.25, 0.3) is 0 Å². The van der Waals surface area contributed by atoms with Gasteiger partial charge in [-0.05, 0) is 19.8 Å². The molecule has 0 bridgehead atoms. The third-order valence-electron chi connectivity index (χ3n) is 3.29. The third kappa shape index (κ3) is 4.35. The van der Waals surface area contributed by atoms with Crippen LogP contribution in [0.4, 0.5) is 11.6 Å². The summed E-state index contributed by atoms with van der Waals surface area (Å²) in [6.45, 7) is 7.89. The molecule has 1 aromatic rings. The number of aryl methyl sites for hydroxylation is 1. The van der Waals surface area contributed by atoms with Gasteiger partial charge in [0.15, 0.2) is 0 Å². The molecule has 5 nitrogen and oxygen atoms in total. The van der Waals surface area contributed by atoms with Gasteiger partial charge in [0.2, 0.25) is 0 Å². The molecule has 0 saturated carbocycles. The van der Waals surface area contributed by atoms with Gasteiger partial charge in [0.05, 0.1) is 6.61 Å². The summed E-state index contributed by atoms with van der Waals surface area (Å²) in [5, 5.41) is 3.09. The van der Waals surface area contributed by atoms with Gasteiger partial charge >= 0.3 is 0 Å². The lowest BCUT2D eigenvalue weighted by Gasteiger charge is -2.31. The average Bonchev–Trinajstić information content (AvgIpc) is 2.42. The molecule has 1 aromatic heterocycles. The first-order chi connectivity index (χ1) is 9.15. The molecule has 0 radical (unpaired) electrons. The molecule has 0 amide bonds. The summed E-state index contributed by atoms with van der Waals surface area (Å²) < 4.78 is 5.22. The molecule has 0 atom stereocenters. The van der Waals surface area contributed by atoms with Crippen molar-refractivity contribution in [3.05, 3.63) is 11.9 Å². The van der Waals surface area contributed by atoms with Crippen molar-refractivity contribution < 1.29 is 4.74 Å². The van der Waals surface area contributed by atoms with Crippen molar-refractivity contribution in [1.82, 2.24) is 9.97 Å². The number of nitrogens with zero attached hydrogens (tertiary/aromatic N) is 3. The van der Waals surface area contributed by atoms with E-state index in [9.17, 15) is 0 Å².